The molecule has 0 bridgehead atoms. The smallest absolute Gasteiger partial charge is 0.0655 e. The highest BCUT2D eigenvalue weighted by atomic mass is 79.9. The van der Waals surface area contributed by atoms with E-state index in [4.69, 9.17) is 0 Å². The molecular formula is C15H22Br2N2. The molecule has 2 nitrogen and oxygen atoms in total. The Morgan fingerprint density at radius 3 is 2.47 bits per heavy atom. The van der Waals surface area contributed by atoms with E-state index < -0.39 is 0 Å². The molecule has 0 radical (unpaired) electrons. The van der Waals surface area contributed by atoms with Crippen LogP contribution in [0.5, 0.6) is 0 Å². The van der Waals surface area contributed by atoms with Gasteiger partial charge in [-0.25, -0.2) is 0 Å². The molecule has 1 fully saturated rings. The molecule has 19 heavy (non-hydrogen) atoms. The van der Waals surface area contributed by atoms with Crippen molar-refractivity contribution in [1.29, 1.82) is 0 Å². The third kappa shape index (κ3) is 4.20. The average Bonchev–Trinajstić information content (AvgIpc) is 2.74. The number of nitrogens with zero attached hydrogens (tertiary/aromatic N) is 1. The molecule has 1 aromatic carbocycles. The zero-order chi connectivity index (χ0) is 14.0. The highest BCUT2D eigenvalue weighted by Crippen LogP contribution is 2.36. The van der Waals surface area contributed by atoms with Gasteiger partial charge in [0.2, 0.25) is 0 Å². The highest BCUT2D eigenvalue weighted by Gasteiger charge is 2.26. The number of para-hydroxylation sites is 1. The van der Waals surface area contributed by atoms with Gasteiger partial charge in [0.1, 0.15) is 0 Å². The van der Waals surface area contributed by atoms with E-state index in [1.165, 1.54) is 21.1 Å². The van der Waals surface area contributed by atoms with E-state index in [0.717, 1.165) is 25.6 Å². The maximum absolute atomic E-state index is 3.66. The van der Waals surface area contributed by atoms with Crippen molar-refractivity contribution in [2.24, 2.45) is 5.92 Å². The number of rotatable bonds is 3. The summed E-state index contributed by atoms with van der Waals surface area (Å²) < 4.78 is 2.35. The number of hydrogen-bond acceptors (Lipinski definition) is 2. The predicted octanol–water partition coefficient (Wildman–Crippen LogP) is 4.43. The first-order valence-corrected chi connectivity index (χ1v) is 8.39. The molecule has 0 saturated carbocycles. The van der Waals surface area contributed by atoms with Crippen LogP contribution in [-0.4, -0.2) is 25.2 Å². The maximum Gasteiger partial charge on any atom is 0.0655 e. The van der Waals surface area contributed by atoms with Crippen LogP contribution in [-0.2, 0) is 0 Å². The minimum absolute atomic E-state index is 0.210. The van der Waals surface area contributed by atoms with Crippen LogP contribution in [0.4, 0.5) is 5.69 Å². The fraction of sp³-hybridized carbons (Fsp3) is 0.600. The van der Waals surface area contributed by atoms with Crippen LogP contribution in [0.2, 0.25) is 0 Å². The van der Waals surface area contributed by atoms with Crippen LogP contribution in [0.15, 0.2) is 27.1 Å². The molecular weight excluding hydrogens is 368 g/mol. The van der Waals surface area contributed by atoms with E-state index in [-0.39, 0.29) is 5.54 Å². The second kappa shape index (κ2) is 6.15. The lowest BCUT2D eigenvalue weighted by Gasteiger charge is -2.24. The summed E-state index contributed by atoms with van der Waals surface area (Å²) in [5.41, 5.74) is 1.50. The Morgan fingerprint density at radius 1 is 1.26 bits per heavy atom. The number of hydrogen-bond donors (Lipinski definition) is 1. The maximum atomic E-state index is 3.66. The van der Waals surface area contributed by atoms with Crippen LogP contribution in [0.3, 0.4) is 0 Å². The molecule has 2 rings (SSSR count). The minimum Gasteiger partial charge on any atom is -0.369 e. The van der Waals surface area contributed by atoms with Crippen LogP contribution in [0.1, 0.15) is 27.2 Å². The molecule has 0 spiro atoms. The van der Waals surface area contributed by atoms with E-state index in [0.29, 0.717) is 0 Å². The summed E-state index contributed by atoms with van der Waals surface area (Å²) >= 11 is 7.32. The average molecular weight is 390 g/mol. The first-order valence-electron chi connectivity index (χ1n) is 6.81. The van der Waals surface area contributed by atoms with Gasteiger partial charge in [0.15, 0.2) is 0 Å². The fourth-order valence-corrected chi connectivity index (χ4v) is 3.94. The Kier molecular flexibility index (Phi) is 4.96. The summed E-state index contributed by atoms with van der Waals surface area (Å²) in [7, 11) is 0. The summed E-state index contributed by atoms with van der Waals surface area (Å²) in [6, 6.07) is 6.29. The first kappa shape index (κ1) is 15.3. The third-order valence-corrected chi connectivity index (χ3v) is 4.74. The van der Waals surface area contributed by atoms with Gasteiger partial charge in [-0.1, -0.05) is 6.07 Å². The molecule has 1 N–H and O–H groups in total. The fourth-order valence-electron chi connectivity index (χ4n) is 2.44. The van der Waals surface area contributed by atoms with Crippen molar-refractivity contribution in [3.05, 3.63) is 27.1 Å². The summed E-state index contributed by atoms with van der Waals surface area (Å²) in [6.07, 6.45) is 1.26. The lowest BCUT2D eigenvalue weighted by atomic mass is 10.1. The predicted molar refractivity (Wildman–Crippen MR) is 89.9 cm³/mol. The molecule has 4 heteroatoms. The standard InChI is InChI=1S/C15H22Br2N2/c1-15(2,3)18-9-11-7-8-19(10-11)14-12(16)5-4-6-13(14)17/h4-6,11,18H,7-10H2,1-3H3. The Balaban J connectivity index is 1.99. The molecule has 1 aliphatic rings. The quantitative estimate of drug-likeness (QED) is 0.822. The summed E-state index contributed by atoms with van der Waals surface area (Å²) in [6.45, 7) is 10.0. The van der Waals surface area contributed by atoms with Gasteiger partial charge < -0.3 is 10.2 Å². The molecule has 0 amide bonds. The second-order valence-electron chi connectivity index (χ2n) is 6.30. The van der Waals surface area contributed by atoms with Crippen molar-refractivity contribution in [2.75, 3.05) is 24.5 Å². The monoisotopic (exact) mass is 388 g/mol. The molecule has 1 unspecified atom stereocenters. The Bertz CT molecular complexity index is 420. The van der Waals surface area contributed by atoms with E-state index in [9.17, 15) is 0 Å². The lowest BCUT2D eigenvalue weighted by Crippen LogP contribution is -2.39. The van der Waals surface area contributed by atoms with Gasteiger partial charge in [0.25, 0.3) is 0 Å². The Labute approximate surface area is 133 Å². The number of benzene rings is 1. The summed E-state index contributed by atoms with van der Waals surface area (Å²) in [5, 5.41) is 3.61. The van der Waals surface area contributed by atoms with Gasteiger partial charge in [-0.15, -0.1) is 0 Å². The summed E-state index contributed by atoms with van der Waals surface area (Å²) in [5.74, 6) is 0.734. The van der Waals surface area contributed by atoms with Crippen LogP contribution < -0.4 is 10.2 Å². The molecule has 0 aromatic heterocycles. The van der Waals surface area contributed by atoms with Crippen molar-refractivity contribution in [1.82, 2.24) is 5.32 Å². The van der Waals surface area contributed by atoms with E-state index in [2.05, 4.69) is 81.0 Å². The van der Waals surface area contributed by atoms with Crippen molar-refractivity contribution in [2.45, 2.75) is 32.7 Å². The molecule has 106 valence electrons. The molecule has 1 saturated heterocycles. The Morgan fingerprint density at radius 2 is 1.89 bits per heavy atom. The van der Waals surface area contributed by atoms with Gasteiger partial charge in [-0.3, -0.25) is 0 Å². The second-order valence-corrected chi connectivity index (χ2v) is 8.01. The molecule has 1 aromatic rings. The third-order valence-electron chi connectivity index (χ3n) is 3.46. The number of nitrogens with one attached hydrogen (secondary N) is 1. The Hall–Kier alpha value is -0.0600. The zero-order valence-corrected chi connectivity index (χ0v) is 15.0. The minimum atomic E-state index is 0.210. The topological polar surface area (TPSA) is 15.3 Å². The van der Waals surface area contributed by atoms with Crippen LogP contribution >= 0.6 is 31.9 Å². The van der Waals surface area contributed by atoms with Gasteiger partial charge in [0.05, 0.1) is 5.69 Å². The number of halogens is 2. The molecule has 1 aliphatic heterocycles. The van der Waals surface area contributed by atoms with Gasteiger partial charge in [-0.2, -0.15) is 0 Å². The molecule has 1 atom stereocenters. The van der Waals surface area contributed by atoms with Crippen LogP contribution in [0, 0.1) is 5.92 Å². The first-order chi connectivity index (χ1) is 8.87. The van der Waals surface area contributed by atoms with E-state index >= 15 is 0 Å². The van der Waals surface area contributed by atoms with Crippen molar-refractivity contribution in [3.8, 4) is 0 Å². The highest BCUT2D eigenvalue weighted by molar-refractivity contribution is 9.11. The number of anilines is 1. The zero-order valence-electron chi connectivity index (χ0n) is 11.8. The van der Waals surface area contributed by atoms with E-state index in [1.54, 1.807) is 0 Å². The summed E-state index contributed by atoms with van der Waals surface area (Å²) in [4.78, 5) is 2.48. The lowest BCUT2D eigenvalue weighted by molar-refractivity contribution is 0.383. The van der Waals surface area contributed by atoms with Gasteiger partial charge >= 0.3 is 0 Å². The van der Waals surface area contributed by atoms with Crippen molar-refractivity contribution < 1.29 is 0 Å². The largest absolute Gasteiger partial charge is 0.369 e. The van der Waals surface area contributed by atoms with Crippen molar-refractivity contribution >= 4 is 37.5 Å². The van der Waals surface area contributed by atoms with Gasteiger partial charge in [-0.05, 0) is 77.1 Å². The normalized spacial score (nSPS) is 20.1. The SMILES string of the molecule is CC(C)(C)NCC1CCN(c2c(Br)cccc2Br)C1. The van der Waals surface area contributed by atoms with Gasteiger partial charge in [0, 0.05) is 34.1 Å². The molecule has 1 heterocycles. The van der Waals surface area contributed by atoms with Crippen LogP contribution in [0.25, 0.3) is 0 Å². The van der Waals surface area contributed by atoms with Crippen molar-refractivity contribution in [3.63, 3.8) is 0 Å². The molecule has 0 aliphatic carbocycles. The van der Waals surface area contributed by atoms with E-state index in [1.807, 2.05) is 0 Å².